The van der Waals surface area contributed by atoms with E-state index in [1.807, 2.05) is 13.0 Å². The van der Waals surface area contributed by atoms with Crippen molar-refractivity contribution in [3.05, 3.63) is 51.9 Å². The van der Waals surface area contributed by atoms with Crippen molar-refractivity contribution in [3.8, 4) is 17.2 Å². The standard InChI is InChI=1S/C23H30O7/c1-15(2)6-4-7-16(3)10-12-29-22-21(26)20-18(28-13-11-17(25)14-24)8-5-9-19(20)30-23(22)27/h5-6,8-10,17,24-26H,4,7,11-14H2,1-3H3/b16-10+. The lowest BCUT2D eigenvalue weighted by Gasteiger charge is -2.13. The predicted octanol–water partition coefficient (Wildman–Crippen LogP) is 3.69. The Morgan fingerprint density at radius 1 is 1.20 bits per heavy atom. The van der Waals surface area contributed by atoms with Gasteiger partial charge in [0.15, 0.2) is 5.75 Å². The summed E-state index contributed by atoms with van der Waals surface area (Å²) in [6, 6.07) is 4.79. The maximum Gasteiger partial charge on any atom is 0.383 e. The van der Waals surface area contributed by atoms with E-state index >= 15 is 0 Å². The molecule has 0 spiro atoms. The molecule has 0 fully saturated rings. The van der Waals surface area contributed by atoms with Crippen LogP contribution in [0.2, 0.25) is 0 Å². The largest absolute Gasteiger partial charge is 0.503 e. The molecule has 2 rings (SSSR count). The van der Waals surface area contributed by atoms with Crippen molar-refractivity contribution < 1.29 is 29.2 Å². The Balaban J connectivity index is 2.17. The van der Waals surface area contributed by atoms with Crippen LogP contribution < -0.4 is 15.1 Å². The van der Waals surface area contributed by atoms with Gasteiger partial charge in [-0.1, -0.05) is 23.3 Å². The second-order valence-corrected chi connectivity index (χ2v) is 7.35. The monoisotopic (exact) mass is 418 g/mol. The average Bonchev–Trinajstić information content (AvgIpc) is 2.69. The van der Waals surface area contributed by atoms with E-state index in [0.717, 1.165) is 18.4 Å². The SMILES string of the molecule is CC(C)=CCC/C(C)=C/COc1c(O)c2c(OCCC(O)CO)cccc2oc1=O. The number of aromatic hydroxyl groups is 1. The summed E-state index contributed by atoms with van der Waals surface area (Å²) in [7, 11) is 0. The zero-order valence-electron chi connectivity index (χ0n) is 17.7. The van der Waals surface area contributed by atoms with E-state index in [0.29, 0.717) is 0 Å². The Kier molecular flexibility index (Phi) is 8.95. The summed E-state index contributed by atoms with van der Waals surface area (Å²) in [4.78, 5) is 12.2. The zero-order chi connectivity index (χ0) is 22.1. The third kappa shape index (κ3) is 6.64. The second kappa shape index (κ2) is 11.4. The number of rotatable bonds is 11. The molecule has 0 saturated heterocycles. The molecular formula is C23H30O7. The predicted molar refractivity (Wildman–Crippen MR) is 115 cm³/mol. The number of ether oxygens (including phenoxy) is 2. The van der Waals surface area contributed by atoms with E-state index in [4.69, 9.17) is 19.0 Å². The van der Waals surface area contributed by atoms with Crippen LogP contribution in [0.3, 0.4) is 0 Å². The lowest BCUT2D eigenvalue weighted by Crippen LogP contribution is -2.16. The van der Waals surface area contributed by atoms with Crippen LogP contribution in [0.25, 0.3) is 11.0 Å². The van der Waals surface area contributed by atoms with Crippen molar-refractivity contribution in [2.24, 2.45) is 0 Å². The molecule has 0 aliphatic rings. The van der Waals surface area contributed by atoms with Crippen molar-refractivity contribution in [1.29, 1.82) is 0 Å². The van der Waals surface area contributed by atoms with Crippen molar-refractivity contribution in [2.45, 2.75) is 46.1 Å². The average molecular weight is 418 g/mol. The normalized spacial score (nSPS) is 12.6. The number of benzene rings is 1. The van der Waals surface area contributed by atoms with Crippen molar-refractivity contribution in [3.63, 3.8) is 0 Å². The Hall–Kier alpha value is -2.77. The van der Waals surface area contributed by atoms with E-state index in [1.165, 1.54) is 5.57 Å². The van der Waals surface area contributed by atoms with Gasteiger partial charge in [-0.3, -0.25) is 0 Å². The van der Waals surface area contributed by atoms with Gasteiger partial charge >= 0.3 is 5.63 Å². The van der Waals surface area contributed by atoms with E-state index in [1.54, 1.807) is 18.2 Å². The number of fused-ring (bicyclic) bond motifs is 1. The summed E-state index contributed by atoms with van der Waals surface area (Å²) in [5.74, 6) is -0.338. The minimum absolute atomic E-state index is 0.114. The maximum atomic E-state index is 12.2. The summed E-state index contributed by atoms with van der Waals surface area (Å²) >= 11 is 0. The first-order valence-electron chi connectivity index (χ1n) is 9.95. The third-order valence-electron chi connectivity index (χ3n) is 4.50. The van der Waals surface area contributed by atoms with Crippen molar-refractivity contribution in [2.75, 3.05) is 19.8 Å². The minimum Gasteiger partial charge on any atom is -0.503 e. The molecule has 0 saturated carbocycles. The fourth-order valence-corrected chi connectivity index (χ4v) is 2.79. The Morgan fingerprint density at radius 3 is 2.67 bits per heavy atom. The van der Waals surface area contributed by atoms with Gasteiger partial charge in [0.25, 0.3) is 0 Å². The van der Waals surface area contributed by atoms with E-state index in [2.05, 4.69) is 19.9 Å². The van der Waals surface area contributed by atoms with Crippen LogP contribution in [0.1, 0.15) is 40.0 Å². The molecule has 0 radical (unpaired) electrons. The lowest BCUT2D eigenvalue weighted by molar-refractivity contribution is 0.0756. The van der Waals surface area contributed by atoms with Gasteiger partial charge in [0.2, 0.25) is 5.75 Å². The van der Waals surface area contributed by atoms with Crippen LogP contribution in [0.5, 0.6) is 17.2 Å². The Morgan fingerprint density at radius 2 is 1.97 bits per heavy atom. The highest BCUT2D eigenvalue weighted by Crippen LogP contribution is 2.37. The van der Waals surface area contributed by atoms with Gasteiger partial charge in [-0.05, 0) is 51.8 Å². The molecule has 1 heterocycles. The molecule has 0 amide bonds. The molecule has 164 valence electrons. The first kappa shape index (κ1) is 23.5. The fourth-order valence-electron chi connectivity index (χ4n) is 2.79. The molecule has 1 aromatic carbocycles. The highest BCUT2D eigenvalue weighted by molar-refractivity contribution is 5.91. The highest BCUT2D eigenvalue weighted by atomic mass is 16.5. The number of hydrogen-bond acceptors (Lipinski definition) is 7. The van der Waals surface area contributed by atoms with Crippen LogP contribution in [0.15, 0.2) is 50.7 Å². The smallest absolute Gasteiger partial charge is 0.383 e. The Bertz CT molecular complexity index is 952. The van der Waals surface area contributed by atoms with Gasteiger partial charge < -0.3 is 29.2 Å². The number of hydrogen-bond donors (Lipinski definition) is 3. The summed E-state index contributed by atoms with van der Waals surface area (Å²) in [5.41, 5.74) is 1.77. The molecule has 0 aliphatic carbocycles. The summed E-state index contributed by atoms with van der Waals surface area (Å²) in [6.45, 7) is 5.96. The van der Waals surface area contributed by atoms with Crippen LogP contribution in [0, 0.1) is 0 Å². The highest BCUT2D eigenvalue weighted by Gasteiger charge is 2.19. The van der Waals surface area contributed by atoms with Crippen molar-refractivity contribution in [1.82, 2.24) is 0 Å². The van der Waals surface area contributed by atoms with Gasteiger partial charge in [-0.25, -0.2) is 4.79 Å². The number of aliphatic hydroxyl groups is 2. The second-order valence-electron chi connectivity index (χ2n) is 7.35. The number of aliphatic hydroxyl groups excluding tert-OH is 2. The first-order chi connectivity index (χ1) is 14.3. The van der Waals surface area contributed by atoms with E-state index < -0.39 is 11.7 Å². The molecule has 1 atom stereocenters. The topological polar surface area (TPSA) is 109 Å². The van der Waals surface area contributed by atoms with E-state index in [-0.39, 0.29) is 54.5 Å². The molecule has 0 bridgehead atoms. The third-order valence-corrected chi connectivity index (χ3v) is 4.50. The fraction of sp³-hybridized carbons (Fsp3) is 0.435. The molecule has 1 unspecified atom stereocenters. The van der Waals surface area contributed by atoms with Crippen LogP contribution >= 0.6 is 0 Å². The number of allylic oxidation sites excluding steroid dienone is 3. The van der Waals surface area contributed by atoms with Gasteiger partial charge in [0, 0.05) is 6.42 Å². The van der Waals surface area contributed by atoms with Gasteiger partial charge in [0.1, 0.15) is 23.3 Å². The molecule has 30 heavy (non-hydrogen) atoms. The molecule has 3 N–H and O–H groups in total. The van der Waals surface area contributed by atoms with Gasteiger partial charge in [-0.2, -0.15) is 0 Å². The summed E-state index contributed by atoms with van der Waals surface area (Å²) in [5, 5.41) is 29.2. The lowest BCUT2D eigenvalue weighted by atomic mass is 10.1. The molecule has 1 aromatic heterocycles. The van der Waals surface area contributed by atoms with Crippen molar-refractivity contribution >= 4 is 11.0 Å². The first-order valence-corrected chi connectivity index (χ1v) is 9.95. The quantitative estimate of drug-likeness (QED) is 0.377. The van der Waals surface area contributed by atoms with Crippen LogP contribution in [-0.2, 0) is 0 Å². The molecule has 0 aliphatic heterocycles. The maximum absolute atomic E-state index is 12.2. The van der Waals surface area contributed by atoms with Gasteiger partial charge in [-0.15, -0.1) is 0 Å². The summed E-state index contributed by atoms with van der Waals surface area (Å²) in [6.07, 6.45) is 5.15. The molecular weight excluding hydrogens is 388 g/mol. The Labute approximate surface area is 175 Å². The molecule has 2 aromatic rings. The summed E-state index contributed by atoms with van der Waals surface area (Å²) < 4.78 is 16.4. The molecule has 7 heteroatoms. The van der Waals surface area contributed by atoms with E-state index in [9.17, 15) is 15.0 Å². The minimum atomic E-state index is -0.892. The molecule has 7 nitrogen and oxygen atoms in total. The van der Waals surface area contributed by atoms with Gasteiger partial charge in [0.05, 0.1) is 19.3 Å². The zero-order valence-corrected chi connectivity index (χ0v) is 17.7. The van der Waals surface area contributed by atoms with Crippen LogP contribution in [0.4, 0.5) is 0 Å². The van der Waals surface area contributed by atoms with Crippen LogP contribution in [-0.4, -0.2) is 41.2 Å².